The lowest BCUT2D eigenvalue weighted by molar-refractivity contribution is 0.303. The van der Waals surface area contributed by atoms with Crippen molar-refractivity contribution in [2.75, 3.05) is 5.32 Å². The Morgan fingerprint density at radius 1 is 0.963 bits per heavy atom. The SMILES string of the molecule is CCc1ccc(NCc2cc(Cl)cc(Cl)c2OCc2cccc(F)c2)cc1. The van der Waals surface area contributed by atoms with Gasteiger partial charge in [0.1, 0.15) is 18.2 Å². The second-order valence-electron chi connectivity index (χ2n) is 6.20. The first-order valence-electron chi connectivity index (χ1n) is 8.73. The summed E-state index contributed by atoms with van der Waals surface area (Å²) in [4.78, 5) is 0. The molecule has 2 nitrogen and oxygen atoms in total. The Bertz CT molecular complexity index is 913. The molecule has 1 N–H and O–H groups in total. The number of ether oxygens (including phenoxy) is 1. The van der Waals surface area contributed by atoms with E-state index >= 15 is 0 Å². The van der Waals surface area contributed by atoms with Gasteiger partial charge in [-0.3, -0.25) is 0 Å². The lowest BCUT2D eigenvalue weighted by atomic mass is 10.1. The molecule has 27 heavy (non-hydrogen) atoms. The van der Waals surface area contributed by atoms with E-state index in [0.717, 1.165) is 23.2 Å². The van der Waals surface area contributed by atoms with E-state index in [-0.39, 0.29) is 12.4 Å². The second-order valence-corrected chi connectivity index (χ2v) is 7.04. The Balaban J connectivity index is 1.75. The number of benzene rings is 3. The van der Waals surface area contributed by atoms with Crippen molar-refractivity contribution in [3.63, 3.8) is 0 Å². The van der Waals surface area contributed by atoms with Gasteiger partial charge in [0.2, 0.25) is 0 Å². The molecule has 0 aliphatic rings. The van der Waals surface area contributed by atoms with E-state index in [2.05, 4.69) is 24.4 Å². The predicted molar refractivity (Wildman–Crippen MR) is 110 cm³/mol. The number of hydrogen-bond acceptors (Lipinski definition) is 2. The molecule has 0 unspecified atom stereocenters. The Labute approximate surface area is 168 Å². The van der Waals surface area contributed by atoms with E-state index in [0.29, 0.717) is 22.3 Å². The van der Waals surface area contributed by atoms with Crippen LogP contribution in [0.2, 0.25) is 10.0 Å². The molecule has 5 heteroatoms. The van der Waals surface area contributed by atoms with Crippen LogP contribution < -0.4 is 10.1 Å². The van der Waals surface area contributed by atoms with Crippen molar-refractivity contribution in [2.24, 2.45) is 0 Å². The van der Waals surface area contributed by atoms with E-state index < -0.39 is 0 Å². The molecule has 0 aromatic heterocycles. The molecule has 0 radical (unpaired) electrons. The minimum absolute atomic E-state index is 0.220. The Hall–Kier alpha value is -2.23. The summed E-state index contributed by atoms with van der Waals surface area (Å²) in [5.74, 6) is 0.249. The third kappa shape index (κ3) is 5.38. The average molecular weight is 404 g/mol. The normalized spacial score (nSPS) is 10.7. The summed E-state index contributed by atoms with van der Waals surface area (Å²) in [7, 11) is 0. The smallest absolute Gasteiger partial charge is 0.143 e. The van der Waals surface area contributed by atoms with E-state index in [9.17, 15) is 4.39 Å². The molecule has 3 aromatic rings. The largest absolute Gasteiger partial charge is 0.487 e. The van der Waals surface area contributed by atoms with Crippen molar-refractivity contribution in [1.82, 2.24) is 0 Å². The van der Waals surface area contributed by atoms with Crippen molar-refractivity contribution in [2.45, 2.75) is 26.5 Å². The molecule has 0 fully saturated rings. The van der Waals surface area contributed by atoms with Gasteiger partial charge in [-0.15, -0.1) is 0 Å². The molecule has 0 amide bonds. The minimum Gasteiger partial charge on any atom is -0.487 e. The molecular weight excluding hydrogens is 384 g/mol. The van der Waals surface area contributed by atoms with Crippen LogP contribution >= 0.6 is 23.2 Å². The van der Waals surface area contributed by atoms with Gasteiger partial charge >= 0.3 is 0 Å². The number of anilines is 1. The molecule has 3 aromatic carbocycles. The van der Waals surface area contributed by atoms with Crippen molar-refractivity contribution in [3.05, 3.63) is 93.2 Å². The van der Waals surface area contributed by atoms with Gasteiger partial charge in [-0.05, 0) is 53.9 Å². The fourth-order valence-electron chi connectivity index (χ4n) is 2.74. The highest BCUT2D eigenvalue weighted by atomic mass is 35.5. The van der Waals surface area contributed by atoms with Crippen LogP contribution in [0.25, 0.3) is 0 Å². The fourth-order valence-corrected chi connectivity index (χ4v) is 3.33. The van der Waals surface area contributed by atoms with Crippen LogP contribution in [0.5, 0.6) is 5.75 Å². The molecule has 0 saturated heterocycles. The van der Waals surface area contributed by atoms with E-state index in [1.165, 1.54) is 17.7 Å². The van der Waals surface area contributed by atoms with E-state index in [4.69, 9.17) is 27.9 Å². The van der Waals surface area contributed by atoms with Crippen LogP contribution in [0.3, 0.4) is 0 Å². The van der Waals surface area contributed by atoms with Crippen LogP contribution in [0.4, 0.5) is 10.1 Å². The number of aryl methyl sites for hydroxylation is 1. The Morgan fingerprint density at radius 3 is 2.44 bits per heavy atom. The third-order valence-corrected chi connectivity index (χ3v) is 4.70. The first kappa shape index (κ1) is 19.5. The molecule has 3 rings (SSSR count). The molecule has 0 heterocycles. The van der Waals surface area contributed by atoms with Crippen molar-refractivity contribution in [3.8, 4) is 5.75 Å². The van der Waals surface area contributed by atoms with E-state index in [1.54, 1.807) is 18.2 Å². The first-order valence-corrected chi connectivity index (χ1v) is 9.48. The molecule has 0 atom stereocenters. The quantitative estimate of drug-likeness (QED) is 0.463. The van der Waals surface area contributed by atoms with Gasteiger partial charge in [0.25, 0.3) is 0 Å². The Kier molecular flexibility index (Phi) is 6.59. The monoisotopic (exact) mass is 403 g/mol. The fraction of sp³-hybridized carbons (Fsp3) is 0.182. The number of nitrogens with one attached hydrogen (secondary N) is 1. The summed E-state index contributed by atoms with van der Waals surface area (Å²) < 4.78 is 19.2. The zero-order valence-electron chi connectivity index (χ0n) is 14.9. The highest BCUT2D eigenvalue weighted by molar-refractivity contribution is 6.35. The maximum absolute atomic E-state index is 13.4. The standard InChI is InChI=1S/C22H20Cl2FNO/c1-2-15-6-8-20(9-7-15)26-13-17-11-18(23)12-21(24)22(17)27-14-16-4-3-5-19(25)10-16/h3-12,26H,2,13-14H2,1H3. The summed E-state index contributed by atoms with van der Waals surface area (Å²) >= 11 is 12.5. The highest BCUT2D eigenvalue weighted by Crippen LogP contribution is 2.33. The minimum atomic E-state index is -0.296. The molecule has 0 spiro atoms. The predicted octanol–water partition coefficient (Wildman–Crippen LogP) is 6.89. The molecule has 0 saturated carbocycles. The average Bonchev–Trinajstić information content (AvgIpc) is 2.66. The lowest BCUT2D eigenvalue weighted by Gasteiger charge is -2.15. The summed E-state index contributed by atoms with van der Waals surface area (Å²) in [6.07, 6.45) is 1.00. The second kappa shape index (κ2) is 9.12. The van der Waals surface area contributed by atoms with Crippen LogP contribution in [0.1, 0.15) is 23.6 Å². The van der Waals surface area contributed by atoms with Crippen LogP contribution in [0.15, 0.2) is 60.7 Å². The van der Waals surface area contributed by atoms with Gasteiger partial charge in [-0.2, -0.15) is 0 Å². The van der Waals surface area contributed by atoms with Gasteiger partial charge in [0.05, 0.1) is 5.02 Å². The van der Waals surface area contributed by atoms with E-state index in [1.807, 2.05) is 18.2 Å². The van der Waals surface area contributed by atoms with Gasteiger partial charge in [0.15, 0.2) is 0 Å². The van der Waals surface area contributed by atoms with Crippen LogP contribution in [-0.2, 0) is 19.6 Å². The highest BCUT2D eigenvalue weighted by Gasteiger charge is 2.12. The molecule has 0 aliphatic heterocycles. The van der Waals surface area contributed by atoms with Gasteiger partial charge < -0.3 is 10.1 Å². The van der Waals surface area contributed by atoms with Gasteiger partial charge in [0, 0.05) is 22.8 Å². The summed E-state index contributed by atoms with van der Waals surface area (Å²) in [5.41, 5.74) is 3.85. The van der Waals surface area contributed by atoms with Crippen LogP contribution in [-0.4, -0.2) is 0 Å². The summed E-state index contributed by atoms with van der Waals surface area (Å²) in [6, 6.07) is 18.0. The van der Waals surface area contributed by atoms with Crippen molar-refractivity contribution < 1.29 is 9.13 Å². The number of halogens is 3. The van der Waals surface area contributed by atoms with Gasteiger partial charge in [-0.25, -0.2) is 4.39 Å². The molecule has 0 bridgehead atoms. The maximum Gasteiger partial charge on any atom is 0.143 e. The summed E-state index contributed by atoms with van der Waals surface area (Å²) in [6.45, 7) is 2.85. The lowest BCUT2D eigenvalue weighted by Crippen LogP contribution is -2.05. The zero-order chi connectivity index (χ0) is 19.2. The maximum atomic E-state index is 13.4. The summed E-state index contributed by atoms with van der Waals surface area (Å²) in [5, 5.41) is 4.32. The van der Waals surface area contributed by atoms with Crippen molar-refractivity contribution >= 4 is 28.9 Å². The van der Waals surface area contributed by atoms with Gasteiger partial charge in [-0.1, -0.05) is 54.4 Å². The van der Waals surface area contributed by atoms with Crippen LogP contribution in [0, 0.1) is 5.82 Å². The zero-order valence-corrected chi connectivity index (χ0v) is 16.4. The molecule has 0 aliphatic carbocycles. The topological polar surface area (TPSA) is 21.3 Å². The first-order chi connectivity index (χ1) is 13.0. The number of rotatable bonds is 7. The number of hydrogen-bond donors (Lipinski definition) is 1. The van der Waals surface area contributed by atoms with Crippen molar-refractivity contribution in [1.29, 1.82) is 0 Å². The Morgan fingerprint density at radius 2 is 1.74 bits per heavy atom. The molecule has 140 valence electrons. The molecular formula is C22H20Cl2FNO. The third-order valence-electron chi connectivity index (χ3n) is 4.20.